The maximum Gasteiger partial charge on any atom is 0.152 e. The van der Waals surface area contributed by atoms with Crippen LogP contribution in [0.4, 0.5) is 0 Å². The standard InChI is InChI=1S/C11H24N2O/c1-9(2)11(14)10(13-4)7-5-6-8-12-3/h9-10,12-13H,5-8H2,1-4H3. The van der Waals surface area contributed by atoms with Crippen molar-refractivity contribution < 1.29 is 4.79 Å². The Hall–Kier alpha value is -0.410. The minimum Gasteiger partial charge on any atom is -0.320 e. The number of carbonyl (C=O) groups is 1. The molecule has 0 fully saturated rings. The molecule has 0 amide bonds. The fraction of sp³-hybridized carbons (Fsp3) is 0.909. The van der Waals surface area contributed by atoms with E-state index in [1.807, 2.05) is 27.9 Å². The van der Waals surface area contributed by atoms with Crippen LogP contribution >= 0.6 is 0 Å². The Morgan fingerprint density at radius 2 is 1.86 bits per heavy atom. The van der Waals surface area contributed by atoms with Gasteiger partial charge in [0.2, 0.25) is 0 Å². The molecule has 0 aromatic rings. The SMILES string of the molecule is CNCCCCC(NC)C(=O)C(C)C. The molecule has 84 valence electrons. The normalized spacial score (nSPS) is 13.2. The Morgan fingerprint density at radius 1 is 1.21 bits per heavy atom. The number of hydrogen-bond acceptors (Lipinski definition) is 3. The van der Waals surface area contributed by atoms with E-state index in [0.29, 0.717) is 5.78 Å². The highest BCUT2D eigenvalue weighted by Crippen LogP contribution is 2.06. The number of rotatable bonds is 8. The van der Waals surface area contributed by atoms with E-state index in [-0.39, 0.29) is 12.0 Å². The molecule has 0 saturated heterocycles. The number of nitrogens with one attached hydrogen (secondary N) is 2. The number of unbranched alkanes of at least 4 members (excludes halogenated alkanes) is 1. The van der Waals surface area contributed by atoms with Gasteiger partial charge in [-0.05, 0) is 33.5 Å². The molecule has 3 nitrogen and oxygen atoms in total. The summed E-state index contributed by atoms with van der Waals surface area (Å²) in [7, 11) is 3.82. The van der Waals surface area contributed by atoms with Crippen LogP contribution in [-0.4, -0.2) is 32.5 Å². The number of hydrogen-bond donors (Lipinski definition) is 2. The summed E-state index contributed by atoms with van der Waals surface area (Å²) in [6.45, 7) is 4.95. The fourth-order valence-electron chi connectivity index (χ4n) is 1.48. The highest BCUT2D eigenvalue weighted by Gasteiger charge is 2.18. The van der Waals surface area contributed by atoms with E-state index in [1.165, 1.54) is 0 Å². The van der Waals surface area contributed by atoms with Crippen LogP contribution in [0.25, 0.3) is 0 Å². The first-order valence-electron chi connectivity index (χ1n) is 5.49. The topological polar surface area (TPSA) is 41.1 Å². The van der Waals surface area contributed by atoms with Gasteiger partial charge >= 0.3 is 0 Å². The van der Waals surface area contributed by atoms with Crippen molar-refractivity contribution in [3.8, 4) is 0 Å². The second-order valence-electron chi connectivity index (χ2n) is 4.00. The first kappa shape index (κ1) is 13.6. The Bertz CT molecular complexity index is 157. The highest BCUT2D eigenvalue weighted by molar-refractivity contribution is 5.85. The van der Waals surface area contributed by atoms with Crippen molar-refractivity contribution in [3.05, 3.63) is 0 Å². The molecule has 0 aliphatic rings. The van der Waals surface area contributed by atoms with Crippen molar-refractivity contribution in [2.45, 2.75) is 39.2 Å². The number of ketones is 1. The van der Waals surface area contributed by atoms with Crippen molar-refractivity contribution >= 4 is 5.78 Å². The van der Waals surface area contributed by atoms with E-state index in [2.05, 4.69) is 10.6 Å². The van der Waals surface area contributed by atoms with Crippen LogP contribution in [-0.2, 0) is 4.79 Å². The lowest BCUT2D eigenvalue weighted by atomic mass is 9.97. The van der Waals surface area contributed by atoms with E-state index in [1.54, 1.807) is 0 Å². The van der Waals surface area contributed by atoms with Crippen LogP contribution in [0, 0.1) is 5.92 Å². The van der Waals surface area contributed by atoms with Crippen LogP contribution in [0.3, 0.4) is 0 Å². The zero-order valence-electron chi connectivity index (χ0n) is 9.89. The van der Waals surface area contributed by atoms with Gasteiger partial charge in [-0.1, -0.05) is 20.3 Å². The second kappa shape index (κ2) is 7.94. The summed E-state index contributed by atoms with van der Waals surface area (Å²) in [5.74, 6) is 0.466. The van der Waals surface area contributed by atoms with Gasteiger partial charge in [-0.15, -0.1) is 0 Å². The minimum absolute atomic E-state index is 0.0480. The van der Waals surface area contributed by atoms with Crippen molar-refractivity contribution in [1.82, 2.24) is 10.6 Å². The molecule has 1 atom stereocenters. The molecule has 0 radical (unpaired) electrons. The number of likely N-dealkylation sites (N-methyl/N-ethyl adjacent to an activating group) is 1. The third-order valence-corrected chi connectivity index (χ3v) is 2.43. The molecule has 2 N–H and O–H groups in total. The third-order valence-electron chi connectivity index (χ3n) is 2.43. The molecule has 1 unspecified atom stereocenters. The highest BCUT2D eigenvalue weighted by atomic mass is 16.1. The number of Topliss-reactive ketones (excluding diaryl/α,β-unsaturated/α-hetero) is 1. The Labute approximate surface area is 87.6 Å². The molecular formula is C11H24N2O. The van der Waals surface area contributed by atoms with Gasteiger partial charge in [0.25, 0.3) is 0 Å². The number of carbonyl (C=O) groups excluding carboxylic acids is 1. The molecule has 0 heterocycles. The monoisotopic (exact) mass is 200 g/mol. The molecular weight excluding hydrogens is 176 g/mol. The molecule has 0 aromatic heterocycles. The maximum atomic E-state index is 11.7. The van der Waals surface area contributed by atoms with Gasteiger partial charge in [0.05, 0.1) is 6.04 Å². The fourth-order valence-corrected chi connectivity index (χ4v) is 1.48. The lowest BCUT2D eigenvalue weighted by Crippen LogP contribution is -2.36. The van der Waals surface area contributed by atoms with Crippen LogP contribution in [0.1, 0.15) is 33.1 Å². The minimum atomic E-state index is 0.0480. The van der Waals surface area contributed by atoms with E-state index < -0.39 is 0 Å². The van der Waals surface area contributed by atoms with Crippen LogP contribution < -0.4 is 10.6 Å². The van der Waals surface area contributed by atoms with Gasteiger partial charge in [-0.3, -0.25) is 4.79 Å². The van der Waals surface area contributed by atoms with Crippen molar-refractivity contribution in [2.24, 2.45) is 5.92 Å². The van der Waals surface area contributed by atoms with Gasteiger partial charge in [-0.2, -0.15) is 0 Å². The van der Waals surface area contributed by atoms with E-state index in [9.17, 15) is 4.79 Å². The first-order valence-corrected chi connectivity index (χ1v) is 5.49. The summed E-state index contributed by atoms with van der Waals surface area (Å²) in [6, 6.07) is 0.0480. The van der Waals surface area contributed by atoms with Crippen LogP contribution in [0.15, 0.2) is 0 Å². The summed E-state index contributed by atoms with van der Waals surface area (Å²) in [6.07, 6.45) is 3.19. The molecule has 0 aliphatic carbocycles. The summed E-state index contributed by atoms with van der Waals surface area (Å²) >= 11 is 0. The molecule has 0 aromatic carbocycles. The quantitative estimate of drug-likeness (QED) is 0.578. The van der Waals surface area contributed by atoms with Crippen molar-refractivity contribution in [1.29, 1.82) is 0 Å². The Morgan fingerprint density at radius 3 is 2.29 bits per heavy atom. The van der Waals surface area contributed by atoms with E-state index in [0.717, 1.165) is 25.8 Å². The summed E-state index contributed by atoms with van der Waals surface area (Å²) < 4.78 is 0. The third kappa shape index (κ3) is 5.35. The molecule has 0 bridgehead atoms. The van der Waals surface area contributed by atoms with Gasteiger partial charge < -0.3 is 10.6 Å². The van der Waals surface area contributed by atoms with Gasteiger partial charge in [0, 0.05) is 5.92 Å². The van der Waals surface area contributed by atoms with Crippen LogP contribution in [0.5, 0.6) is 0 Å². The van der Waals surface area contributed by atoms with E-state index in [4.69, 9.17) is 0 Å². The predicted molar refractivity (Wildman–Crippen MR) is 60.5 cm³/mol. The van der Waals surface area contributed by atoms with Crippen LogP contribution in [0.2, 0.25) is 0 Å². The zero-order chi connectivity index (χ0) is 11.0. The summed E-state index contributed by atoms with van der Waals surface area (Å²) in [5.41, 5.74) is 0. The molecule has 0 aliphatic heterocycles. The first-order chi connectivity index (χ1) is 6.63. The van der Waals surface area contributed by atoms with Gasteiger partial charge in [0.1, 0.15) is 0 Å². The van der Waals surface area contributed by atoms with Gasteiger partial charge in [-0.25, -0.2) is 0 Å². The molecule has 0 rings (SSSR count). The van der Waals surface area contributed by atoms with Crippen molar-refractivity contribution in [2.75, 3.05) is 20.6 Å². The summed E-state index contributed by atoms with van der Waals surface area (Å²) in [4.78, 5) is 11.7. The summed E-state index contributed by atoms with van der Waals surface area (Å²) in [5, 5.41) is 6.20. The zero-order valence-corrected chi connectivity index (χ0v) is 9.89. The predicted octanol–water partition coefficient (Wildman–Crippen LogP) is 1.19. The smallest absolute Gasteiger partial charge is 0.152 e. The molecule has 14 heavy (non-hydrogen) atoms. The largest absolute Gasteiger partial charge is 0.320 e. The molecule has 0 saturated carbocycles. The maximum absolute atomic E-state index is 11.7. The van der Waals surface area contributed by atoms with Crippen molar-refractivity contribution in [3.63, 3.8) is 0 Å². The molecule has 3 heteroatoms. The van der Waals surface area contributed by atoms with E-state index >= 15 is 0 Å². The lowest BCUT2D eigenvalue weighted by Gasteiger charge is -2.16. The van der Waals surface area contributed by atoms with Gasteiger partial charge in [0.15, 0.2) is 5.78 Å². The lowest BCUT2D eigenvalue weighted by molar-refractivity contribution is -0.124. The average molecular weight is 200 g/mol. The molecule has 0 spiro atoms. The Balaban J connectivity index is 3.73. The Kier molecular flexibility index (Phi) is 7.71. The average Bonchev–Trinajstić information content (AvgIpc) is 2.17. The second-order valence-corrected chi connectivity index (χ2v) is 4.00.